The van der Waals surface area contributed by atoms with Crippen LogP contribution in [0, 0.1) is 13.8 Å². The molecule has 146 valence electrons. The summed E-state index contributed by atoms with van der Waals surface area (Å²) in [6.07, 6.45) is 2.17. The number of amides is 2. The summed E-state index contributed by atoms with van der Waals surface area (Å²) >= 11 is 0. The molecular weight excluding hydrogens is 360 g/mol. The number of hydrogen-bond acceptors (Lipinski definition) is 6. The molecule has 3 heterocycles. The monoisotopic (exact) mass is 382 g/mol. The molecule has 2 aromatic heterocycles. The van der Waals surface area contributed by atoms with Gasteiger partial charge in [0.15, 0.2) is 5.82 Å². The average molecular weight is 382 g/mol. The number of benzene rings is 1. The third kappa shape index (κ3) is 3.36. The highest BCUT2D eigenvalue weighted by atomic mass is 16.5. The number of aryl methyl sites for hydroxylation is 1. The summed E-state index contributed by atoms with van der Waals surface area (Å²) in [6.45, 7) is 4.11. The predicted molar refractivity (Wildman–Crippen MR) is 101 cm³/mol. The van der Waals surface area contributed by atoms with E-state index in [1.807, 2.05) is 37.3 Å². The number of aromatic nitrogens is 4. The second-order valence-electron chi connectivity index (χ2n) is 6.76. The number of urea groups is 1. The predicted octanol–water partition coefficient (Wildman–Crippen LogP) is 2.87. The number of nitrogens with zero attached hydrogens (tertiary/aromatic N) is 5. The van der Waals surface area contributed by atoms with Crippen LogP contribution in [-0.2, 0) is 4.74 Å². The molecule has 0 unspecified atom stereocenters. The Morgan fingerprint density at radius 2 is 2.07 bits per heavy atom. The minimum atomic E-state index is -0.323. The second-order valence-corrected chi connectivity index (χ2v) is 6.76. The van der Waals surface area contributed by atoms with Gasteiger partial charge >= 0.3 is 6.03 Å². The van der Waals surface area contributed by atoms with Crippen molar-refractivity contribution in [1.82, 2.24) is 24.8 Å². The van der Waals surface area contributed by atoms with Crippen molar-refractivity contribution in [3.63, 3.8) is 0 Å². The largest absolute Gasteiger partial charge is 0.380 e. The first-order valence-corrected chi connectivity index (χ1v) is 9.07. The van der Waals surface area contributed by atoms with Gasteiger partial charge in [-0.05, 0) is 26.0 Å². The number of anilines is 1. The van der Waals surface area contributed by atoms with E-state index in [1.54, 1.807) is 29.8 Å². The van der Waals surface area contributed by atoms with Gasteiger partial charge in [0.25, 0.3) is 0 Å². The van der Waals surface area contributed by atoms with Gasteiger partial charge < -0.3 is 19.5 Å². The first kappa shape index (κ1) is 18.2. The van der Waals surface area contributed by atoms with Gasteiger partial charge in [0.2, 0.25) is 5.89 Å². The zero-order chi connectivity index (χ0) is 19.7. The quantitative estimate of drug-likeness (QED) is 0.745. The molecule has 1 saturated heterocycles. The Morgan fingerprint density at radius 1 is 1.29 bits per heavy atom. The van der Waals surface area contributed by atoms with E-state index in [9.17, 15) is 4.79 Å². The van der Waals surface area contributed by atoms with Crippen molar-refractivity contribution in [1.29, 1.82) is 0 Å². The zero-order valence-corrected chi connectivity index (χ0v) is 16.0. The lowest BCUT2D eigenvalue weighted by Gasteiger charge is -2.22. The van der Waals surface area contributed by atoms with Crippen LogP contribution in [0.2, 0.25) is 0 Å². The van der Waals surface area contributed by atoms with Gasteiger partial charge in [0.05, 0.1) is 29.4 Å². The molecule has 1 fully saturated rings. The Hall–Kier alpha value is -3.20. The Kier molecular flexibility index (Phi) is 4.82. The topological polar surface area (TPSA) is 98.3 Å². The van der Waals surface area contributed by atoms with Gasteiger partial charge in [0, 0.05) is 20.1 Å². The molecule has 9 heteroatoms. The van der Waals surface area contributed by atoms with E-state index < -0.39 is 0 Å². The smallest absolute Gasteiger partial charge is 0.322 e. The number of carbonyl (C=O) groups is 1. The Morgan fingerprint density at radius 3 is 2.75 bits per heavy atom. The highest BCUT2D eigenvalue weighted by molar-refractivity contribution is 5.90. The number of methoxy groups -OCH3 is 1. The molecule has 0 radical (unpaired) electrons. The summed E-state index contributed by atoms with van der Waals surface area (Å²) in [6, 6.07) is 9.18. The summed E-state index contributed by atoms with van der Waals surface area (Å²) in [4.78, 5) is 19.0. The maximum Gasteiger partial charge on any atom is 0.322 e. The van der Waals surface area contributed by atoms with Crippen molar-refractivity contribution in [2.24, 2.45) is 0 Å². The van der Waals surface area contributed by atoms with Gasteiger partial charge in [0.1, 0.15) is 6.04 Å². The number of likely N-dealkylation sites (tertiary alicyclic amines) is 1. The number of hydrogen-bond donors (Lipinski definition) is 1. The van der Waals surface area contributed by atoms with E-state index in [1.165, 1.54) is 0 Å². The molecule has 1 aromatic carbocycles. The lowest BCUT2D eigenvalue weighted by atomic mass is 10.2. The van der Waals surface area contributed by atoms with Crippen molar-refractivity contribution in [2.75, 3.05) is 19.0 Å². The Balaban J connectivity index is 1.55. The molecule has 1 aliphatic heterocycles. The third-order valence-corrected chi connectivity index (χ3v) is 4.94. The van der Waals surface area contributed by atoms with Crippen molar-refractivity contribution in [3.05, 3.63) is 53.9 Å². The summed E-state index contributed by atoms with van der Waals surface area (Å²) < 4.78 is 12.5. The molecule has 1 N–H and O–H groups in total. The molecule has 0 saturated carbocycles. The number of carbonyl (C=O) groups excluding carboxylic acids is 1. The third-order valence-electron chi connectivity index (χ3n) is 4.94. The van der Waals surface area contributed by atoms with Gasteiger partial charge in [-0.25, -0.2) is 9.48 Å². The maximum absolute atomic E-state index is 13.0. The standard InChI is InChI=1S/C19H22N6O3/c1-12-16(10-20-25(12)14-7-5-4-6-8-14)22-19(26)24-11-15(27-3)9-17(24)18-21-13(2)23-28-18/h4-8,10,15,17H,9,11H2,1-3H3,(H,22,26)/t15-,17+/m0/s1. The van der Waals surface area contributed by atoms with Crippen molar-refractivity contribution >= 4 is 11.7 Å². The normalized spacial score (nSPS) is 19.2. The van der Waals surface area contributed by atoms with Gasteiger partial charge in [-0.1, -0.05) is 23.4 Å². The van der Waals surface area contributed by atoms with Gasteiger partial charge in [-0.2, -0.15) is 10.1 Å². The summed E-state index contributed by atoms with van der Waals surface area (Å²) in [7, 11) is 1.64. The van der Waals surface area contributed by atoms with Crippen LogP contribution in [0.3, 0.4) is 0 Å². The van der Waals surface area contributed by atoms with Crippen LogP contribution < -0.4 is 5.32 Å². The molecule has 0 bridgehead atoms. The number of rotatable bonds is 4. The number of para-hydroxylation sites is 1. The first-order chi connectivity index (χ1) is 13.6. The van der Waals surface area contributed by atoms with Crippen LogP contribution in [0.5, 0.6) is 0 Å². The molecule has 2 atom stereocenters. The van der Waals surface area contributed by atoms with E-state index in [2.05, 4.69) is 20.6 Å². The van der Waals surface area contributed by atoms with Crippen molar-refractivity contribution in [3.8, 4) is 5.69 Å². The fourth-order valence-electron chi connectivity index (χ4n) is 3.42. The fourth-order valence-corrected chi connectivity index (χ4v) is 3.42. The lowest BCUT2D eigenvalue weighted by molar-refractivity contribution is 0.111. The Bertz CT molecular complexity index is 967. The highest BCUT2D eigenvalue weighted by Gasteiger charge is 2.39. The van der Waals surface area contributed by atoms with Crippen LogP contribution >= 0.6 is 0 Å². The molecule has 0 spiro atoms. The van der Waals surface area contributed by atoms with Gasteiger partial charge in [-0.15, -0.1) is 0 Å². The molecule has 1 aliphatic rings. The maximum atomic E-state index is 13.0. The van der Waals surface area contributed by atoms with E-state index in [0.29, 0.717) is 30.4 Å². The minimum absolute atomic E-state index is 0.0869. The first-order valence-electron chi connectivity index (χ1n) is 9.07. The van der Waals surface area contributed by atoms with Crippen molar-refractivity contribution < 1.29 is 14.1 Å². The molecule has 4 rings (SSSR count). The Labute approximate surface area is 162 Å². The van der Waals surface area contributed by atoms with E-state index in [0.717, 1.165) is 11.4 Å². The van der Waals surface area contributed by atoms with Gasteiger partial charge in [-0.3, -0.25) is 0 Å². The van der Waals surface area contributed by atoms with Crippen LogP contribution in [-0.4, -0.2) is 50.6 Å². The average Bonchev–Trinajstić information content (AvgIpc) is 3.41. The van der Waals surface area contributed by atoms with Crippen LogP contribution in [0.1, 0.15) is 29.9 Å². The molecule has 0 aliphatic carbocycles. The fraction of sp³-hybridized carbons (Fsp3) is 0.368. The highest BCUT2D eigenvalue weighted by Crippen LogP contribution is 2.33. The summed E-state index contributed by atoms with van der Waals surface area (Å²) in [5.41, 5.74) is 2.42. The molecule has 2 amide bonds. The number of ether oxygens (including phenoxy) is 1. The van der Waals surface area contributed by atoms with Crippen LogP contribution in [0.25, 0.3) is 5.69 Å². The minimum Gasteiger partial charge on any atom is -0.380 e. The molecule has 9 nitrogen and oxygen atoms in total. The zero-order valence-electron chi connectivity index (χ0n) is 16.0. The van der Waals surface area contributed by atoms with E-state index >= 15 is 0 Å². The second kappa shape index (κ2) is 7.43. The number of nitrogens with one attached hydrogen (secondary N) is 1. The van der Waals surface area contributed by atoms with E-state index in [4.69, 9.17) is 9.26 Å². The van der Waals surface area contributed by atoms with Crippen LogP contribution in [0.4, 0.5) is 10.5 Å². The summed E-state index contributed by atoms with van der Waals surface area (Å²) in [5, 5.41) is 11.2. The molecular formula is C19H22N6O3. The van der Waals surface area contributed by atoms with E-state index in [-0.39, 0.29) is 18.2 Å². The summed E-state index contributed by atoms with van der Waals surface area (Å²) in [5.74, 6) is 0.958. The lowest BCUT2D eigenvalue weighted by Crippen LogP contribution is -2.35. The van der Waals surface area contributed by atoms with Crippen molar-refractivity contribution in [2.45, 2.75) is 32.4 Å². The molecule has 28 heavy (non-hydrogen) atoms. The van der Waals surface area contributed by atoms with Crippen LogP contribution in [0.15, 0.2) is 41.1 Å². The molecule has 3 aromatic rings. The SMILES string of the molecule is CO[C@H]1C[C@H](c2nc(C)no2)N(C(=O)Nc2cnn(-c3ccccc3)c2C)C1.